The fourth-order valence-electron chi connectivity index (χ4n) is 2.18. The van der Waals surface area contributed by atoms with E-state index in [0.29, 0.717) is 6.42 Å². The number of rotatable bonds is 4. The number of aliphatic carboxylic acids is 1. The highest BCUT2D eigenvalue weighted by Gasteiger charge is 2.31. The number of hydrogen-bond donors (Lipinski definition) is 2. The van der Waals surface area contributed by atoms with Crippen molar-refractivity contribution in [3.8, 4) is 0 Å². The Kier molecular flexibility index (Phi) is 4.35. The van der Waals surface area contributed by atoms with E-state index in [0.717, 1.165) is 25.8 Å². The molecule has 0 aromatic heterocycles. The zero-order chi connectivity index (χ0) is 10.6. The van der Waals surface area contributed by atoms with Crippen LogP contribution in [0.1, 0.15) is 32.6 Å². The van der Waals surface area contributed by atoms with Gasteiger partial charge in [-0.2, -0.15) is 0 Å². The molecule has 1 heterocycles. The summed E-state index contributed by atoms with van der Waals surface area (Å²) in [7, 11) is 0. The van der Waals surface area contributed by atoms with E-state index in [9.17, 15) is 4.79 Å². The molecular weight excluding hydrogens is 182 g/mol. The summed E-state index contributed by atoms with van der Waals surface area (Å²) in [6, 6.07) is -0.378. The second kappa shape index (κ2) is 5.32. The monoisotopic (exact) mass is 201 g/mol. The number of aliphatic hydroxyl groups is 1. The molecule has 1 rings (SSSR count). The lowest BCUT2D eigenvalue weighted by Crippen LogP contribution is -2.51. The van der Waals surface area contributed by atoms with E-state index in [1.165, 1.54) is 0 Å². The van der Waals surface area contributed by atoms with Gasteiger partial charge in [-0.05, 0) is 25.8 Å². The predicted octanol–water partition coefficient (Wildman–Crippen LogP) is 0.696. The van der Waals surface area contributed by atoms with Gasteiger partial charge in [-0.3, -0.25) is 9.69 Å². The number of likely N-dealkylation sites (tertiary alicyclic amines) is 1. The van der Waals surface area contributed by atoms with Gasteiger partial charge in [-0.15, -0.1) is 0 Å². The summed E-state index contributed by atoms with van der Waals surface area (Å²) < 4.78 is 0. The van der Waals surface area contributed by atoms with Crippen molar-refractivity contribution in [1.82, 2.24) is 4.90 Å². The third kappa shape index (κ3) is 2.45. The van der Waals surface area contributed by atoms with Crippen molar-refractivity contribution in [2.24, 2.45) is 0 Å². The molecule has 0 saturated carbocycles. The molecule has 2 unspecified atom stereocenters. The summed E-state index contributed by atoms with van der Waals surface area (Å²) in [6.45, 7) is 2.75. The Balaban J connectivity index is 2.65. The van der Waals surface area contributed by atoms with Crippen LogP contribution in [0.2, 0.25) is 0 Å². The molecule has 1 saturated heterocycles. The minimum atomic E-state index is -0.771. The fourth-order valence-corrected chi connectivity index (χ4v) is 2.18. The minimum absolute atomic E-state index is 0.0461. The SMILES string of the molecule is CCC(C(=O)O)N1CCCCC1CO. The zero-order valence-corrected chi connectivity index (χ0v) is 8.65. The van der Waals surface area contributed by atoms with Crippen molar-refractivity contribution in [3.05, 3.63) is 0 Å². The van der Waals surface area contributed by atoms with Crippen molar-refractivity contribution < 1.29 is 15.0 Å². The maximum absolute atomic E-state index is 11.0. The van der Waals surface area contributed by atoms with Crippen LogP contribution in [0.15, 0.2) is 0 Å². The lowest BCUT2D eigenvalue weighted by atomic mass is 9.99. The summed E-state index contributed by atoms with van der Waals surface area (Å²) in [5, 5.41) is 18.2. The Bertz CT molecular complexity index is 196. The van der Waals surface area contributed by atoms with E-state index < -0.39 is 12.0 Å². The average Bonchev–Trinajstić information content (AvgIpc) is 2.19. The Morgan fingerprint density at radius 2 is 2.29 bits per heavy atom. The number of piperidine rings is 1. The van der Waals surface area contributed by atoms with Crippen LogP contribution in [0.3, 0.4) is 0 Å². The number of carbonyl (C=O) groups is 1. The second-order valence-electron chi connectivity index (χ2n) is 3.83. The lowest BCUT2D eigenvalue weighted by Gasteiger charge is -2.38. The molecule has 82 valence electrons. The topological polar surface area (TPSA) is 60.8 Å². The van der Waals surface area contributed by atoms with E-state index in [2.05, 4.69) is 0 Å². The highest BCUT2D eigenvalue weighted by molar-refractivity contribution is 5.73. The second-order valence-corrected chi connectivity index (χ2v) is 3.83. The predicted molar refractivity (Wildman–Crippen MR) is 53.1 cm³/mol. The van der Waals surface area contributed by atoms with E-state index in [4.69, 9.17) is 10.2 Å². The van der Waals surface area contributed by atoms with Gasteiger partial charge < -0.3 is 10.2 Å². The van der Waals surface area contributed by atoms with Gasteiger partial charge in [0.05, 0.1) is 6.61 Å². The first kappa shape index (κ1) is 11.5. The molecule has 0 amide bonds. The number of hydrogen-bond acceptors (Lipinski definition) is 3. The summed E-state index contributed by atoms with van der Waals surface area (Å²) in [5.41, 5.74) is 0. The normalized spacial score (nSPS) is 26.0. The lowest BCUT2D eigenvalue weighted by molar-refractivity contribution is -0.145. The van der Waals surface area contributed by atoms with Crippen LogP contribution in [-0.2, 0) is 4.79 Å². The average molecular weight is 201 g/mol. The van der Waals surface area contributed by atoms with Crippen LogP contribution in [-0.4, -0.2) is 46.3 Å². The molecule has 0 bridgehead atoms. The molecule has 0 aromatic rings. The highest BCUT2D eigenvalue weighted by Crippen LogP contribution is 2.20. The first-order valence-electron chi connectivity index (χ1n) is 5.30. The molecule has 1 aliphatic rings. The molecule has 1 fully saturated rings. The molecular formula is C10H19NO3. The van der Waals surface area contributed by atoms with Crippen LogP contribution >= 0.6 is 0 Å². The molecule has 0 aliphatic carbocycles. The van der Waals surface area contributed by atoms with E-state index in [-0.39, 0.29) is 12.6 Å². The van der Waals surface area contributed by atoms with Gasteiger partial charge >= 0.3 is 5.97 Å². The largest absolute Gasteiger partial charge is 0.480 e. The molecule has 1 aliphatic heterocycles. The first-order chi connectivity index (χ1) is 6.70. The maximum Gasteiger partial charge on any atom is 0.320 e. The summed E-state index contributed by atoms with van der Waals surface area (Å²) in [6.07, 6.45) is 3.66. The van der Waals surface area contributed by atoms with Gasteiger partial charge in [0.2, 0.25) is 0 Å². The third-order valence-electron chi connectivity index (χ3n) is 2.96. The van der Waals surface area contributed by atoms with Crippen LogP contribution < -0.4 is 0 Å². The van der Waals surface area contributed by atoms with Crippen molar-refractivity contribution in [2.75, 3.05) is 13.2 Å². The Labute approximate surface area is 84.5 Å². The molecule has 14 heavy (non-hydrogen) atoms. The number of carboxylic acid groups (broad SMARTS) is 1. The molecule has 2 N–H and O–H groups in total. The van der Waals surface area contributed by atoms with Gasteiger partial charge in [0, 0.05) is 6.04 Å². The first-order valence-corrected chi connectivity index (χ1v) is 5.30. The van der Waals surface area contributed by atoms with Gasteiger partial charge in [-0.1, -0.05) is 13.3 Å². The minimum Gasteiger partial charge on any atom is -0.480 e. The fraction of sp³-hybridized carbons (Fsp3) is 0.900. The molecule has 4 nitrogen and oxygen atoms in total. The van der Waals surface area contributed by atoms with Crippen molar-refractivity contribution in [2.45, 2.75) is 44.7 Å². The Morgan fingerprint density at radius 1 is 1.57 bits per heavy atom. The van der Waals surface area contributed by atoms with Crippen molar-refractivity contribution in [3.63, 3.8) is 0 Å². The van der Waals surface area contributed by atoms with Gasteiger partial charge in [-0.25, -0.2) is 0 Å². The molecule has 2 atom stereocenters. The Morgan fingerprint density at radius 3 is 2.79 bits per heavy atom. The Hall–Kier alpha value is -0.610. The third-order valence-corrected chi connectivity index (χ3v) is 2.96. The van der Waals surface area contributed by atoms with Crippen LogP contribution in [0.25, 0.3) is 0 Å². The molecule has 0 radical (unpaired) electrons. The van der Waals surface area contributed by atoms with Crippen LogP contribution in [0, 0.1) is 0 Å². The van der Waals surface area contributed by atoms with Gasteiger partial charge in [0.1, 0.15) is 6.04 Å². The smallest absolute Gasteiger partial charge is 0.320 e. The molecule has 4 heteroatoms. The van der Waals surface area contributed by atoms with E-state index in [1.54, 1.807) is 0 Å². The number of aliphatic hydroxyl groups excluding tert-OH is 1. The van der Waals surface area contributed by atoms with E-state index in [1.807, 2.05) is 11.8 Å². The maximum atomic E-state index is 11.0. The number of nitrogens with zero attached hydrogens (tertiary/aromatic N) is 1. The molecule has 0 spiro atoms. The zero-order valence-electron chi connectivity index (χ0n) is 8.65. The standard InChI is InChI=1S/C10H19NO3/c1-2-9(10(13)14)11-6-4-3-5-8(11)7-12/h8-9,12H,2-7H2,1H3,(H,13,14). The summed E-state index contributed by atoms with van der Waals surface area (Å²) in [5.74, 6) is -0.771. The van der Waals surface area contributed by atoms with E-state index >= 15 is 0 Å². The van der Waals surface area contributed by atoms with Crippen LogP contribution in [0.5, 0.6) is 0 Å². The summed E-state index contributed by atoms with van der Waals surface area (Å²) >= 11 is 0. The van der Waals surface area contributed by atoms with Gasteiger partial charge in [0.15, 0.2) is 0 Å². The quantitative estimate of drug-likeness (QED) is 0.702. The van der Waals surface area contributed by atoms with Crippen molar-refractivity contribution >= 4 is 5.97 Å². The molecule has 0 aromatic carbocycles. The number of carboxylic acids is 1. The van der Waals surface area contributed by atoms with Crippen molar-refractivity contribution in [1.29, 1.82) is 0 Å². The summed E-state index contributed by atoms with van der Waals surface area (Å²) in [4.78, 5) is 12.9. The van der Waals surface area contributed by atoms with Gasteiger partial charge in [0.25, 0.3) is 0 Å². The highest BCUT2D eigenvalue weighted by atomic mass is 16.4. The van der Waals surface area contributed by atoms with Crippen LogP contribution in [0.4, 0.5) is 0 Å².